The van der Waals surface area contributed by atoms with Crippen LogP contribution in [0.1, 0.15) is 54.1 Å². The number of carbonyl (C=O) groups is 2. The van der Waals surface area contributed by atoms with Gasteiger partial charge in [0.05, 0.1) is 21.5 Å². The van der Waals surface area contributed by atoms with Crippen LogP contribution in [0.15, 0.2) is 35.5 Å². The van der Waals surface area contributed by atoms with Crippen LogP contribution in [0.25, 0.3) is 0 Å². The lowest BCUT2D eigenvalue weighted by Crippen LogP contribution is -2.40. The van der Waals surface area contributed by atoms with E-state index in [4.69, 9.17) is 11.6 Å². The molecule has 1 aliphatic heterocycles. The van der Waals surface area contributed by atoms with Gasteiger partial charge in [-0.3, -0.25) is 14.6 Å². The molecule has 11 heteroatoms. The van der Waals surface area contributed by atoms with Crippen molar-refractivity contribution in [2.45, 2.75) is 49.1 Å². The highest BCUT2D eigenvalue weighted by Crippen LogP contribution is 2.42. The van der Waals surface area contributed by atoms with Crippen LogP contribution in [0.2, 0.25) is 5.02 Å². The number of benzene rings is 1. The molecule has 2 aromatic rings. The van der Waals surface area contributed by atoms with Crippen molar-refractivity contribution in [1.82, 2.24) is 15.2 Å². The molecular formula is C23H24ClF2N3O4S. The predicted octanol–water partition coefficient (Wildman–Crippen LogP) is 3.68. The van der Waals surface area contributed by atoms with Gasteiger partial charge in [0.25, 0.3) is 5.91 Å². The Balaban J connectivity index is 1.47. The SMILES string of the molecule is CS(=O)(=O)c1cncc(C(=O)N2CCC[C@@H]2CC(=O)N[C@@H](c2cc(F)c(Cl)cc2F)C2CC2)c1. The van der Waals surface area contributed by atoms with Gasteiger partial charge >= 0.3 is 0 Å². The summed E-state index contributed by atoms with van der Waals surface area (Å²) < 4.78 is 52.1. The normalized spacial score (nSPS) is 19.2. The maximum atomic E-state index is 14.5. The molecule has 0 radical (unpaired) electrons. The van der Waals surface area contributed by atoms with E-state index >= 15 is 0 Å². The topological polar surface area (TPSA) is 96.4 Å². The Kier molecular flexibility index (Phi) is 6.91. The van der Waals surface area contributed by atoms with Crippen molar-refractivity contribution in [3.63, 3.8) is 0 Å². The molecule has 34 heavy (non-hydrogen) atoms. The highest BCUT2D eigenvalue weighted by molar-refractivity contribution is 7.90. The molecule has 7 nitrogen and oxygen atoms in total. The average molecular weight is 512 g/mol. The number of hydrogen-bond acceptors (Lipinski definition) is 5. The quantitative estimate of drug-likeness (QED) is 0.572. The Labute approximate surface area is 201 Å². The second-order valence-corrected chi connectivity index (χ2v) is 11.3. The van der Waals surface area contributed by atoms with E-state index in [0.717, 1.165) is 31.2 Å². The molecule has 0 unspecified atom stereocenters. The summed E-state index contributed by atoms with van der Waals surface area (Å²) in [5, 5.41) is 2.50. The number of nitrogens with zero attached hydrogens (tertiary/aromatic N) is 2. The average Bonchev–Trinajstić information content (AvgIpc) is 3.52. The van der Waals surface area contributed by atoms with Crippen LogP contribution in [0.3, 0.4) is 0 Å². The van der Waals surface area contributed by atoms with Crippen LogP contribution in [-0.2, 0) is 14.6 Å². The van der Waals surface area contributed by atoms with Gasteiger partial charge in [0.1, 0.15) is 11.6 Å². The first kappa shape index (κ1) is 24.5. The number of hydrogen-bond donors (Lipinski definition) is 1. The van der Waals surface area contributed by atoms with Crippen LogP contribution in [0.4, 0.5) is 8.78 Å². The van der Waals surface area contributed by atoms with E-state index in [1.165, 1.54) is 23.4 Å². The molecule has 2 atom stereocenters. The number of pyridine rings is 1. The van der Waals surface area contributed by atoms with E-state index in [1.807, 2.05) is 0 Å². The zero-order chi connectivity index (χ0) is 24.6. The molecule has 4 rings (SSSR count). The van der Waals surface area contributed by atoms with Gasteiger partial charge in [-0.05, 0) is 49.8 Å². The number of amides is 2. The van der Waals surface area contributed by atoms with Crippen LogP contribution >= 0.6 is 11.6 Å². The van der Waals surface area contributed by atoms with Crippen molar-refractivity contribution in [3.8, 4) is 0 Å². The summed E-state index contributed by atoms with van der Waals surface area (Å²) >= 11 is 5.66. The molecular weight excluding hydrogens is 488 g/mol. The first-order chi connectivity index (χ1) is 16.0. The summed E-state index contributed by atoms with van der Waals surface area (Å²) in [5.74, 6) is -2.21. The van der Waals surface area contributed by atoms with E-state index < -0.39 is 39.5 Å². The molecule has 1 aliphatic carbocycles. The number of aromatic nitrogens is 1. The Bertz CT molecular complexity index is 1240. The van der Waals surface area contributed by atoms with Crippen molar-refractivity contribution >= 4 is 33.3 Å². The Hall–Kier alpha value is -2.59. The fourth-order valence-electron chi connectivity index (χ4n) is 4.32. The molecule has 1 saturated heterocycles. The first-order valence-electron chi connectivity index (χ1n) is 10.9. The molecule has 1 aromatic heterocycles. The summed E-state index contributed by atoms with van der Waals surface area (Å²) in [7, 11) is -3.53. The van der Waals surface area contributed by atoms with Crippen molar-refractivity contribution in [2.24, 2.45) is 5.92 Å². The fourth-order valence-corrected chi connectivity index (χ4v) is 5.07. The number of nitrogens with one attached hydrogen (secondary N) is 1. The molecule has 2 amide bonds. The van der Waals surface area contributed by atoms with E-state index in [0.29, 0.717) is 19.4 Å². The summed E-state index contributed by atoms with van der Waals surface area (Å²) in [6, 6.07) is 2.13. The van der Waals surface area contributed by atoms with E-state index in [9.17, 15) is 26.8 Å². The summed E-state index contributed by atoms with van der Waals surface area (Å²) in [6.07, 6.45) is 6.35. The van der Waals surface area contributed by atoms with Crippen molar-refractivity contribution in [3.05, 3.63) is 58.4 Å². The number of sulfone groups is 1. The van der Waals surface area contributed by atoms with E-state index in [2.05, 4.69) is 10.3 Å². The number of likely N-dealkylation sites (tertiary alicyclic amines) is 1. The Morgan fingerprint density at radius 2 is 1.91 bits per heavy atom. The number of carbonyl (C=O) groups excluding carboxylic acids is 2. The van der Waals surface area contributed by atoms with Gasteiger partial charge in [0.15, 0.2) is 9.84 Å². The van der Waals surface area contributed by atoms with E-state index in [1.54, 1.807) is 0 Å². The van der Waals surface area contributed by atoms with Gasteiger partial charge < -0.3 is 10.2 Å². The Morgan fingerprint density at radius 3 is 2.59 bits per heavy atom. The molecule has 2 fully saturated rings. The van der Waals surface area contributed by atoms with Crippen LogP contribution in [-0.4, -0.2) is 49.0 Å². The van der Waals surface area contributed by atoms with Crippen LogP contribution in [0.5, 0.6) is 0 Å². The lowest BCUT2D eigenvalue weighted by molar-refractivity contribution is -0.122. The minimum absolute atomic E-state index is 0.00476. The molecule has 182 valence electrons. The highest BCUT2D eigenvalue weighted by Gasteiger charge is 2.37. The standard InChI is InChI=1S/C23H24ClF2N3O4S/c1-34(32,33)16-7-14(11-27-12-16)23(31)29-6-2-3-15(29)8-21(30)28-22(13-4-5-13)17-9-20(26)18(24)10-19(17)25/h7,9-13,15,22H,2-6,8H2,1H3,(H,28,30)/t15-,22-/m1/s1. The van der Waals surface area contributed by atoms with Crippen molar-refractivity contribution in [1.29, 1.82) is 0 Å². The maximum Gasteiger partial charge on any atom is 0.255 e. The third-order valence-corrected chi connectivity index (χ3v) is 7.60. The van der Waals surface area contributed by atoms with Gasteiger partial charge in [-0.2, -0.15) is 0 Å². The lowest BCUT2D eigenvalue weighted by Gasteiger charge is -2.26. The number of halogens is 3. The maximum absolute atomic E-state index is 14.5. The monoisotopic (exact) mass is 511 g/mol. The van der Waals surface area contributed by atoms with Crippen LogP contribution < -0.4 is 5.32 Å². The second kappa shape index (κ2) is 9.58. The molecule has 0 spiro atoms. The molecule has 1 saturated carbocycles. The largest absolute Gasteiger partial charge is 0.349 e. The smallest absolute Gasteiger partial charge is 0.255 e. The predicted molar refractivity (Wildman–Crippen MR) is 121 cm³/mol. The second-order valence-electron chi connectivity index (χ2n) is 8.85. The highest BCUT2D eigenvalue weighted by atomic mass is 35.5. The summed E-state index contributed by atoms with van der Waals surface area (Å²) in [5.41, 5.74) is 0.186. The van der Waals surface area contributed by atoms with Gasteiger partial charge in [-0.25, -0.2) is 17.2 Å². The van der Waals surface area contributed by atoms with Gasteiger partial charge in [0, 0.05) is 43.2 Å². The minimum atomic E-state index is -3.53. The molecule has 2 aliphatic rings. The third kappa shape index (κ3) is 5.38. The van der Waals surface area contributed by atoms with Gasteiger partial charge in [-0.15, -0.1) is 0 Å². The van der Waals surface area contributed by atoms with Gasteiger partial charge in [0.2, 0.25) is 5.91 Å². The summed E-state index contributed by atoms with van der Waals surface area (Å²) in [4.78, 5) is 31.3. The van der Waals surface area contributed by atoms with Crippen molar-refractivity contribution < 1.29 is 26.8 Å². The third-order valence-electron chi connectivity index (χ3n) is 6.23. The fraction of sp³-hybridized carbons (Fsp3) is 0.435. The zero-order valence-corrected chi connectivity index (χ0v) is 20.0. The minimum Gasteiger partial charge on any atom is -0.349 e. The molecule has 1 aromatic carbocycles. The van der Waals surface area contributed by atoms with E-state index in [-0.39, 0.29) is 39.3 Å². The van der Waals surface area contributed by atoms with Crippen molar-refractivity contribution in [2.75, 3.05) is 12.8 Å². The lowest BCUT2D eigenvalue weighted by atomic mass is 10.0. The Morgan fingerprint density at radius 1 is 1.18 bits per heavy atom. The van der Waals surface area contributed by atoms with Gasteiger partial charge in [-0.1, -0.05) is 11.6 Å². The number of rotatable bonds is 7. The van der Waals surface area contributed by atoms with Crippen LogP contribution in [0, 0.1) is 17.6 Å². The molecule has 0 bridgehead atoms. The summed E-state index contributed by atoms with van der Waals surface area (Å²) in [6.45, 7) is 0.420. The molecule has 1 N–H and O–H groups in total. The first-order valence-corrected chi connectivity index (χ1v) is 13.2. The zero-order valence-electron chi connectivity index (χ0n) is 18.4. The molecule has 2 heterocycles.